The fourth-order valence-electron chi connectivity index (χ4n) is 3.19. The first kappa shape index (κ1) is 20.3. The van der Waals surface area contributed by atoms with Gasteiger partial charge in [-0.1, -0.05) is 36.4 Å². The summed E-state index contributed by atoms with van der Waals surface area (Å²) >= 11 is 0. The fraction of sp³-hybridized carbons (Fsp3) is 0.227. The smallest absolute Gasteiger partial charge is 0.243 e. The molecule has 4 rings (SSSR count). The second-order valence-corrected chi connectivity index (χ2v) is 7.01. The van der Waals surface area contributed by atoms with Crippen molar-refractivity contribution >= 4 is 5.91 Å². The molecule has 2 aromatic carbocycles. The van der Waals surface area contributed by atoms with Gasteiger partial charge in [-0.15, -0.1) is 10.2 Å². The van der Waals surface area contributed by atoms with Gasteiger partial charge in [-0.2, -0.15) is 9.90 Å². The Labute approximate surface area is 179 Å². The Hall–Kier alpha value is -4.01. The summed E-state index contributed by atoms with van der Waals surface area (Å²) in [5, 5.41) is 19.6. The van der Waals surface area contributed by atoms with E-state index in [0.717, 1.165) is 28.4 Å². The third-order valence-electron chi connectivity index (χ3n) is 4.79. The van der Waals surface area contributed by atoms with Crippen LogP contribution in [0.25, 0.3) is 5.69 Å². The first-order valence-corrected chi connectivity index (χ1v) is 9.92. The minimum absolute atomic E-state index is 0.0245. The molecule has 9 heteroatoms. The van der Waals surface area contributed by atoms with Crippen molar-refractivity contribution in [2.45, 2.75) is 33.5 Å². The summed E-state index contributed by atoms with van der Waals surface area (Å²) < 4.78 is 7.48. The Kier molecular flexibility index (Phi) is 6.02. The molecule has 4 aromatic rings. The predicted octanol–water partition coefficient (Wildman–Crippen LogP) is 2.37. The first-order valence-electron chi connectivity index (χ1n) is 9.92. The second kappa shape index (κ2) is 9.21. The fourth-order valence-corrected chi connectivity index (χ4v) is 3.19. The molecule has 0 aliphatic carbocycles. The van der Waals surface area contributed by atoms with E-state index in [1.165, 1.54) is 4.80 Å². The summed E-state index contributed by atoms with van der Waals surface area (Å²) in [4.78, 5) is 13.6. The van der Waals surface area contributed by atoms with E-state index in [2.05, 4.69) is 25.8 Å². The number of rotatable bonds is 8. The molecule has 1 amide bonds. The second-order valence-electron chi connectivity index (χ2n) is 7.01. The van der Waals surface area contributed by atoms with Crippen LogP contribution in [0, 0.1) is 13.8 Å². The largest absolute Gasteiger partial charge is 0.485 e. The van der Waals surface area contributed by atoms with E-state index in [1.807, 2.05) is 79.2 Å². The van der Waals surface area contributed by atoms with Gasteiger partial charge in [-0.3, -0.25) is 4.79 Å². The molecule has 0 unspecified atom stereocenters. The van der Waals surface area contributed by atoms with E-state index in [-0.39, 0.29) is 19.1 Å². The molecular weight excluding hydrogens is 394 g/mol. The van der Waals surface area contributed by atoms with Crippen LogP contribution in [-0.2, 0) is 24.5 Å². The highest BCUT2D eigenvalue weighted by molar-refractivity contribution is 5.75. The molecule has 2 heterocycles. The number of nitrogens with zero attached hydrogens (tertiary/aromatic N) is 6. The average molecular weight is 417 g/mol. The molecule has 0 fully saturated rings. The summed E-state index contributed by atoms with van der Waals surface area (Å²) in [5.74, 6) is 0.921. The molecule has 0 atom stereocenters. The van der Waals surface area contributed by atoms with Gasteiger partial charge in [0.15, 0.2) is 6.61 Å². The molecule has 0 spiro atoms. The standard InChI is InChI=1S/C22H23N7O2/c1-16-20(17(2)29(25-16)18-9-5-3-6-10-18)13-23-22(30)14-28-26-21(24-27-28)15-31-19-11-7-4-8-12-19/h3-12H,13-15H2,1-2H3,(H,23,30). The topological polar surface area (TPSA) is 99.8 Å². The van der Waals surface area contributed by atoms with Crippen LogP contribution < -0.4 is 10.1 Å². The molecule has 158 valence electrons. The summed E-state index contributed by atoms with van der Waals surface area (Å²) in [7, 11) is 0. The monoisotopic (exact) mass is 417 g/mol. The van der Waals surface area contributed by atoms with Gasteiger partial charge >= 0.3 is 0 Å². The van der Waals surface area contributed by atoms with Crippen LogP contribution in [0.4, 0.5) is 0 Å². The minimum Gasteiger partial charge on any atom is -0.485 e. The number of benzene rings is 2. The van der Waals surface area contributed by atoms with Gasteiger partial charge in [-0.25, -0.2) is 4.68 Å². The zero-order valence-electron chi connectivity index (χ0n) is 17.4. The zero-order chi connectivity index (χ0) is 21.6. The highest BCUT2D eigenvalue weighted by atomic mass is 16.5. The van der Waals surface area contributed by atoms with Crippen molar-refractivity contribution in [1.29, 1.82) is 0 Å². The van der Waals surface area contributed by atoms with Gasteiger partial charge in [0.25, 0.3) is 0 Å². The van der Waals surface area contributed by atoms with E-state index < -0.39 is 0 Å². The van der Waals surface area contributed by atoms with Crippen molar-refractivity contribution < 1.29 is 9.53 Å². The Morgan fingerprint density at radius 3 is 2.45 bits per heavy atom. The van der Waals surface area contributed by atoms with Gasteiger partial charge in [0.1, 0.15) is 12.3 Å². The molecule has 9 nitrogen and oxygen atoms in total. The van der Waals surface area contributed by atoms with Crippen LogP contribution in [0.5, 0.6) is 5.75 Å². The number of nitrogens with one attached hydrogen (secondary N) is 1. The van der Waals surface area contributed by atoms with Crippen LogP contribution in [0.15, 0.2) is 60.7 Å². The maximum Gasteiger partial charge on any atom is 0.243 e. The van der Waals surface area contributed by atoms with Crippen molar-refractivity contribution in [3.8, 4) is 11.4 Å². The molecule has 0 aliphatic rings. The van der Waals surface area contributed by atoms with Gasteiger partial charge in [0.2, 0.25) is 11.7 Å². The highest BCUT2D eigenvalue weighted by Gasteiger charge is 2.14. The van der Waals surface area contributed by atoms with Crippen LogP contribution in [0.1, 0.15) is 22.8 Å². The zero-order valence-corrected chi connectivity index (χ0v) is 17.4. The molecule has 0 bridgehead atoms. The van der Waals surface area contributed by atoms with Gasteiger partial charge in [0.05, 0.1) is 11.4 Å². The van der Waals surface area contributed by atoms with Gasteiger partial charge in [-0.05, 0) is 43.3 Å². The van der Waals surface area contributed by atoms with E-state index >= 15 is 0 Å². The molecule has 0 radical (unpaired) electrons. The number of carbonyl (C=O) groups is 1. The molecule has 0 saturated heterocycles. The molecule has 31 heavy (non-hydrogen) atoms. The summed E-state index contributed by atoms with van der Waals surface area (Å²) in [6.07, 6.45) is 0. The number of aryl methyl sites for hydroxylation is 1. The Morgan fingerprint density at radius 1 is 1.00 bits per heavy atom. The SMILES string of the molecule is Cc1nn(-c2ccccc2)c(C)c1CNC(=O)Cn1nnc(COc2ccccc2)n1. The average Bonchev–Trinajstić information content (AvgIpc) is 3.35. The molecule has 0 aliphatic heterocycles. The lowest BCUT2D eigenvalue weighted by Crippen LogP contribution is -2.28. The summed E-state index contributed by atoms with van der Waals surface area (Å²) in [6, 6.07) is 19.3. The Morgan fingerprint density at radius 2 is 1.71 bits per heavy atom. The van der Waals surface area contributed by atoms with E-state index in [1.54, 1.807) is 0 Å². The van der Waals surface area contributed by atoms with Gasteiger partial charge in [0, 0.05) is 17.8 Å². The number of para-hydroxylation sites is 2. The number of hydrogen-bond donors (Lipinski definition) is 1. The molecule has 2 aromatic heterocycles. The van der Waals surface area contributed by atoms with E-state index in [9.17, 15) is 4.79 Å². The molecule has 1 N–H and O–H groups in total. The lowest BCUT2D eigenvalue weighted by atomic mass is 10.2. The van der Waals surface area contributed by atoms with Crippen molar-refractivity contribution in [3.63, 3.8) is 0 Å². The summed E-state index contributed by atoms with van der Waals surface area (Å²) in [6.45, 7) is 4.46. The Bertz CT molecular complexity index is 1150. The lowest BCUT2D eigenvalue weighted by molar-refractivity contribution is -0.122. The summed E-state index contributed by atoms with van der Waals surface area (Å²) in [5.41, 5.74) is 3.84. The first-order chi connectivity index (χ1) is 15.1. The predicted molar refractivity (Wildman–Crippen MR) is 113 cm³/mol. The normalized spacial score (nSPS) is 10.8. The van der Waals surface area contributed by atoms with E-state index in [4.69, 9.17) is 4.74 Å². The maximum absolute atomic E-state index is 12.4. The maximum atomic E-state index is 12.4. The van der Waals surface area contributed by atoms with Crippen molar-refractivity contribution in [2.75, 3.05) is 0 Å². The van der Waals surface area contributed by atoms with Crippen molar-refractivity contribution in [3.05, 3.63) is 83.4 Å². The molecule has 0 saturated carbocycles. The van der Waals surface area contributed by atoms with E-state index in [0.29, 0.717) is 12.4 Å². The number of tetrazole rings is 1. The van der Waals surface area contributed by atoms with Crippen LogP contribution in [-0.4, -0.2) is 35.9 Å². The third-order valence-corrected chi connectivity index (χ3v) is 4.79. The number of ether oxygens (including phenoxy) is 1. The minimum atomic E-state index is -0.209. The third kappa shape index (κ3) is 4.95. The van der Waals surface area contributed by atoms with Crippen molar-refractivity contribution in [2.24, 2.45) is 0 Å². The number of amides is 1. The van der Waals surface area contributed by atoms with Crippen molar-refractivity contribution in [1.82, 2.24) is 35.3 Å². The number of hydrogen-bond acceptors (Lipinski definition) is 6. The quantitative estimate of drug-likeness (QED) is 0.472. The molecular formula is C22H23N7O2. The van der Waals surface area contributed by atoms with Crippen LogP contribution >= 0.6 is 0 Å². The Balaban J connectivity index is 1.32. The lowest BCUT2D eigenvalue weighted by Gasteiger charge is -2.07. The number of aromatic nitrogens is 6. The number of carbonyl (C=O) groups excluding carboxylic acids is 1. The van der Waals surface area contributed by atoms with Crippen LogP contribution in [0.3, 0.4) is 0 Å². The van der Waals surface area contributed by atoms with Crippen LogP contribution in [0.2, 0.25) is 0 Å². The van der Waals surface area contributed by atoms with Gasteiger partial charge < -0.3 is 10.1 Å². The highest BCUT2D eigenvalue weighted by Crippen LogP contribution is 2.17.